The molecule has 3 N–H and O–H groups in total. The van der Waals surface area contributed by atoms with Crippen molar-refractivity contribution in [3.63, 3.8) is 0 Å². The van der Waals surface area contributed by atoms with Crippen molar-refractivity contribution in [3.05, 3.63) is 36.5 Å². The van der Waals surface area contributed by atoms with Crippen LogP contribution in [0.1, 0.15) is 483 Å². The monoisotopic (exact) mass is 1310 g/mol. The van der Waals surface area contributed by atoms with Crippen LogP contribution >= 0.6 is 0 Å². The third kappa shape index (κ3) is 79.0. The molecule has 0 aromatic heterocycles. The first-order valence-corrected chi connectivity index (χ1v) is 42.7. The fourth-order valence-corrected chi connectivity index (χ4v) is 13.7. The molecule has 0 bridgehead atoms. The summed E-state index contributed by atoms with van der Waals surface area (Å²) < 4.78 is 5.49. The molecule has 0 rings (SSSR count). The van der Waals surface area contributed by atoms with E-state index >= 15 is 0 Å². The van der Waals surface area contributed by atoms with Gasteiger partial charge in [0.15, 0.2) is 0 Å². The largest absolute Gasteiger partial charge is 0.466 e. The fraction of sp³-hybridized carbons (Fsp3) is 0.908. The SMILES string of the molecule is CCC/C=C\C/C=C\CCCCCCCC(=O)OCCCCCCCCCCCCCCCCCCCC/C=C\CCCCCCCCCCCCCCCCCCCC(=O)NC(CO)C(O)CCCCCCCCCCCCCCCCCCCCCCCCCC. The number of esters is 1. The molecule has 0 aliphatic heterocycles. The number of aliphatic hydroxyl groups is 2. The van der Waals surface area contributed by atoms with Crippen LogP contribution in [-0.2, 0) is 14.3 Å². The van der Waals surface area contributed by atoms with Crippen LogP contribution in [0.2, 0.25) is 0 Å². The molecule has 0 aromatic rings. The van der Waals surface area contributed by atoms with Gasteiger partial charge in [-0.3, -0.25) is 9.59 Å². The van der Waals surface area contributed by atoms with Gasteiger partial charge in [-0.05, 0) is 77.0 Å². The Hall–Kier alpha value is -1.92. The third-order valence-electron chi connectivity index (χ3n) is 20.1. The van der Waals surface area contributed by atoms with E-state index in [0.717, 1.165) is 51.4 Å². The second-order valence-electron chi connectivity index (χ2n) is 29.5. The van der Waals surface area contributed by atoms with Crippen molar-refractivity contribution in [2.24, 2.45) is 0 Å². The first-order valence-electron chi connectivity index (χ1n) is 42.7. The number of allylic oxidation sites excluding steroid dienone is 6. The van der Waals surface area contributed by atoms with Crippen LogP contribution in [0.4, 0.5) is 0 Å². The molecule has 0 heterocycles. The number of carbonyl (C=O) groups is 2. The summed E-state index contributed by atoms with van der Waals surface area (Å²) in [6, 6.07) is -0.540. The minimum absolute atomic E-state index is 0.00774. The molecule has 0 aliphatic carbocycles. The minimum Gasteiger partial charge on any atom is -0.466 e. The van der Waals surface area contributed by atoms with Crippen LogP contribution in [0.5, 0.6) is 0 Å². The Bertz CT molecular complexity index is 1510. The van der Waals surface area contributed by atoms with Gasteiger partial charge in [0, 0.05) is 12.8 Å². The second-order valence-corrected chi connectivity index (χ2v) is 29.5. The fourth-order valence-electron chi connectivity index (χ4n) is 13.7. The number of rotatable bonds is 81. The molecule has 0 aromatic carbocycles. The van der Waals surface area contributed by atoms with Crippen molar-refractivity contribution in [2.45, 2.75) is 495 Å². The summed E-state index contributed by atoms with van der Waals surface area (Å²) in [5, 5.41) is 23.5. The van der Waals surface area contributed by atoms with Gasteiger partial charge in [0.1, 0.15) is 0 Å². The van der Waals surface area contributed by atoms with Crippen LogP contribution in [0, 0.1) is 0 Å². The van der Waals surface area contributed by atoms with Crippen LogP contribution in [-0.4, -0.2) is 47.4 Å². The summed E-state index contributed by atoms with van der Waals surface area (Å²) >= 11 is 0. The lowest BCUT2D eigenvalue weighted by Crippen LogP contribution is -2.45. The molecular weight excluding hydrogens is 1140 g/mol. The Morgan fingerprint density at radius 3 is 0.871 bits per heavy atom. The van der Waals surface area contributed by atoms with Crippen LogP contribution < -0.4 is 5.32 Å². The predicted molar refractivity (Wildman–Crippen MR) is 412 cm³/mol. The van der Waals surface area contributed by atoms with Gasteiger partial charge in [-0.1, -0.05) is 429 Å². The highest BCUT2D eigenvalue weighted by Gasteiger charge is 2.20. The average molecular weight is 1310 g/mol. The Labute approximate surface area is 583 Å². The van der Waals surface area contributed by atoms with Gasteiger partial charge >= 0.3 is 5.97 Å². The maximum absolute atomic E-state index is 12.6. The molecule has 0 saturated carbocycles. The highest BCUT2D eigenvalue weighted by Crippen LogP contribution is 2.21. The van der Waals surface area contributed by atoms with Crippen LogP contribution in [0.15, 0.2) is 36.5 Å². The molecule has 0 radical (unpaired) electrons. The van der Waals surface area contributed by atoms with Gasteiger partial charge in [-0.2, -0.15) is 0 Å². The van der Waals surface area contributed by atoms with Gasteiger partial charge in [0.25, 0.3) is 0 Å². The Balaban J connectivity index is 3.33. The molecule has 2 unspecified atom stereocenters. The molecular formula is C87H167NO5. The van der Waals surface area contributed by atoms with E-state index in [-0.39, 0.29) is 18.5 Å². The smallest absolute Gasteiger partial charge is 0.305 e. The summed E-state index contributed by atoms with van der Waals surface area (Å²) in [6.07, 6.45) is 108. The Kier molecular flexibility index (Phi) is 80.8. The van der Waals surface area contributed by atoms with Crippen LogP contribution in [0.25, 0.3) is 0 Å². The van der Waals surface area contributed by atoms with E-state index in [1.165, 1.54) is 398 Å². The van der Waals surface area contributed by atoms with Crippen LogP contribution in [0.3, 0.4) is 0 Å². The Morgan fingerprint density at radius 2 is 0.559 bits per heavy atom. The molecule has 6 heteroatoms. The zero-order valence-corrected chi connectivity index (χ0v) is 63.3. The van der Waals surface area contributed by atoms with Gasteiger partial charge in [0.2, 0.25) is 5.91 Å². The number of aliphatic hydroxyl groups excluding tert-OH is 2. The topological polar surface area (TPSA) is 95.9 Å². The number of hydrogen-bond acceptors (Lipinski definition) is 5. The number of ether oxygens (including phenoxy) is 1. The molecule has 6 nitrogen and oxygen atoms in total. The molecule has 550 valence electrons. The molecule has 0 aliphatic rings. The quantitative estimate of drug-likeness (QED) is 0.0320. The Morgan fingerprint density at radius 1 is 0.301 bits per heavy atom. The average Bonchev–Trinajstić information content (AvgIpc) is 3.78. The summed E-state index contributed by atoms with van der Waals surface area (Å²) in [4.78, 5) is 24.6. The molecule has 2 atom stereocenters. The predicted octanol–water partition coefficient (Wildman–Crippen LogP) is 28.6. The van der Waals surface area contributed by atoms with E-state index in [0.29, 0.717) is 25.9 Å². The summed E-state index contributed by atoms with van der Waals surface area (Å²) in [5.41, 5.74) is 0. The number of carbonyl (C=O) groups excluding carboxylic acids is 2. The molecule has 93 heavy (non-hydrogen) atoms. The molecule has 1 amide bonds. The van der Waals surface area contributed by atoms with Crippen molar-refractivity contribution in [2.75, 3.05) is 13.2 Å². The highest BCUT2D eigenvalue weighted by molar-refractivity contribution is 5.76. The van der Waals surface area contributed by atoms with Crippen molar-refractivity contribution >= 4 is 11.9 Å². The lowest BCUT2D eigenvalue weighted by atomic mass is 10.0. The van der Waals surface area contributed by atoms with E-state index in [1.54, 1.807) is 0 Å². The highest BCUT2D eigenvalue weighted by atomic mass is 16.5. The maximum Gasteiger partial charge on any atom is 0.305 e. The zero-order valence-electron chi connectivity index (χ0n) is 63.3. The lowest BCUT2D eigenvalue weighted by molar-refractivity contribution is -0.143. The standard InChI is InChI=1S/C87H167NO5/c1-3-5-7-9-11-13-15-17-18-19-20-21-22-40-43-46-49-52-56-59-63-67-71-75-79-85(90)84(83-89)88-86(91)80-76-72-68-64-60-57-53-50-47-44-41-38-36-34-32-30-28-26-24-23-25-27-29-31-33-35-37-39-42-45-48-51-54-58-62-66-70-74-78-82-93-87(92)81-77-73-69-65-61-55-16-14-12-10-8-6-4-2/h8,10,14,16,23-24,84-85,89-90H,3-7,9,11-13,15,17-22,25-83H2,1-2H3,(H,88,91)/b10-8-,16-14-,24-23-. The van der Waals surface area contributed by atoms with Gasteiger partial charge in [0.05, 0.1) is 25.4 Å². The summed E-state index contributed by atoms with van der Waals surface area (Å²) in [5.74, 6) is -0.0169. The van der Waals surface area contributed by atoms with Crippen molar-refractivity contribution < 1.29 is 24.5 Å². The summed E-state index contributed by atoms with van der Waals surface area (Å²) in [6.45, 7) is 4.94. The van der Waals surface area contributed by atoms with E-state index in [4.69, 9.17) is 4.74 Å². The van der Waals surface area contributed by atoms with Gasteiger partial charge in [-0.25, -0.2) is 0 Å². The number of nitrogens with one attached hydrogen (secondary N) is 1. The van der Waals surface area contributed by atoms with E-state index < -0.39 is 12.1 Å². The van der Waals surface area contributed by atoms with E-state index in [2.05, 4.69) is 55.6 Å². The summed E-state index contributed by atoms with van der Waals surface area (Å²) in [7, 11) is 0. The van der Waals surface area contributed by atoms with E-state index in [1.807, 2.05) is 0 Å². The van der Waals surface area contributed by atoms with E-state index in [9.17, 15) is 19.8 Å². The van der Waals surface area contributed by atoms with Gasteiger partial charge in [-0.15, -0.1) is 0 Å². The molecule has 0 spiro atoms. The van der Waals surface area contributed by atoms with Crippen molar-refractivity contribution in [1.29, 1.82) is 0 Å². The van der Waals surface area contributed by atoms with Crippen molar-refractivity contribution in [1.82, 2.24) is 5.32 Å². The first-order chi connectivity index (χ1) is 46.0. The zero-order chi connectivity index (χ0) is 67.0. The number of unbranched alkanes of at least 4 members (excludes halogenated alkanes) is 64. The molecule has 0 fully saturated rings. The lowest BCUT2D eigenvalue weighted by Gasteiger charge is -2.22. The third-order valence-corrected chi connectivity index (χ3v) is 20.1. The second kappa shape index (κ2) is 82.5. The number of hydrogen-bond donors (Lipinski definition) is 3. The van der Waals surface area contributed by atoms with Crippen molar-refractivity contribution in [3.8, 4) is 0 Å². The molecule has 0 saturated heterocycles. The maximum atomic E-state index is 12.6. The minimum atomic E-state index is -0.663. The van der Waals surface area contributed by atoms with Gasteiger partial charge < -0.3 is 20.3 Å². The first kappa shape index (κ1) is 91.1. The normalized spacial score (nSPS) is 12.6. The number of amides is 1.